The van der Waals surface area contributed by atoms with E-state index in [4.69, 9.17) is 4.74 Å². The number of nitrogens with zero attached hydrogens (tertiary/aromatic N) is 1. The van der Waals surface area contributed by atoms with E-state index in [1.807, 2.05) is 0 Å². The van der Waals surface area contributed by atoms with Gasteiger partial charge in [-0.1, -0.05) is 12.1 Å². The van der Waals surface area contributed by atoms with Gasteiger partial charge in [0.25, 0.3) is 0 Å². The first-order valence-corrected chi connectivity index (χ1v) is 8.37. The van der Waals surface area contributed by atoms with E-state index >= 15 is 0 Å². The summed E-state index contributed by atoms with van der Waals surface area (Å²) in [4.78, 5) is 2.63. The van der Waals surface area contributed by atoms with E-state index in [1.165, 1.54) is 38.0 Å². The summed E-state index contributed by atoms with van der Waals surface area (Å²) in [5, 5.41) is 3.69. The first-order valence-electron chi connectivity index (χ1n) is 8.37. The van der Waals surface area contributed by atoms with Crippen molar-refractivity contribution in [2.75, 3.05) is 19.6 Å². The molecule has 3 rings (SSSR count). The molecule has 3 atom stereocenters. The van der Waals surface area contributed by atoms with E-state index in [9.17, 15) is 0 Å². The first kappa shape index (κ1) is 14.9. The largest absolute Gasteiger partial charge is 0.491 e. The number of benzene rings is 1. The summed E-state index contributed by atoms with van der Waals surface area (Å²) < 4.78 is 5.73. The lowest BCUT2D eigenvalue weighted by Crippen LogP contribution is -2.40. The second-order valence-corrected chi connectivity index (χ2v) is 6.83. The van der Waals surface area contributed by atoms with Gasteiger partial charge in [0.1, 0.15) is 5.75 Å². The molecule has 3 nitrogen and oxygen atoms in total. The van der Waals surface area contributed by atoms with Crippen LogP contribution >= 0.6 is 0 Å². The molecule has 3 unspecified atom stereocenters. The van der Waals surface area contributed by atoms with Gasteiger partial charge in [-0.25, -0.2) is 0 Å². The van der Waals surface area contributed by atoms with Crippen LogP contribution in [0.3, 0.4) is 0 Å². The molecule has 0 radical (unpaired) electrons. The zero-order valence-electron chi connectivity index (χ0n) is 13.5. The minimum absolute atomic E-state index is 0.237. The number of likely N-dealkylation sites (tertiary alicyclic amines) is 1. The molecular weight excluding hydrogens is 260 g/mol. The van der Waals surface area contributed by atoms with E-state index in [1.54, 1.807) is 0 Å². The van der Waals surface area contributed by atoms with Crippen LogP contribution in [0.25, 0.3) is 0 Å². The molecule has 2 aliphatic rings. The van der Waals surface area contributed by atoms with Gasteiger partial charge in [-0.15, -0.1) is 0 Å². The maximum atomic E-state index is 5.73. The van der Waals surface area contributed by atoms with Crippen LogP contribution in [0.15, 0.2) is 24.3 Å². The number of piperidine rings is 1. The summed E-state index contributed by atoms with van der Waals surface area (Å²) in [5.41, 5.74) is 1.39. The van der Waals surface area contributed by atoms with Crippen LogP contribution in [0.1, 0.15) is 45.2 Å². The minimum Gasteiger partial charge on any atom is -0.491 e. The molecule has 1 aromatic rings. The number of ether oxygens (including phenoxy) is 1. The molecule has 21 heavy (non-hydrogen) atoms. The SMILES string of the molecule is CC(C)Oc1ccc(C(C)N2CC3CCCNC3C2)cc1. The molecule has 1 N–H and O–H groups in total. The fourth-order valence-electron chi connectivity index (χ4n) is 3.70. The summed E-state index contributed by atoms with van der Waals surface area (Å²) in [7, 11) is 0. The second-order valence-electron chi connectivity index (χ2n) is 6.83. The van der Waals surface area contributed by atoms with Gasteiger partial charge in [0.2, 0.25) is 0 Å². The molecule has 0 aromatic heterocycles. The molecule has 0 saturated carbocycles. The molecule has 2 saturated heterocycles. The Morgan fingerprint density at radius 2 is 1.90 bits per heavy atom. The normalized spacial score (nSPS) is 27.6. The molecule has 0 spiro atoms. The lowest BCUT2D eigenvalue weighted by Gasteiger charge is -2.25. The summed E-state index contributed by atoms with van der Waals surface area (Å²) in [6.45, 7) is 10.1. The van der Waals surface area contributed by atoms with Crippen molar-refractivity contribution in [1.82, 2.24) is 10.2 Å². The topological polar surface area (TPSA) is 24.5 Å². The standard InChI is InChI=1S/C18H28N2O/c1-13(2)21-17-8-6-15(7-9-17)14(3)20-11-16-5-4-10-19-18(16)12-20/h6-9,13-14,16,18-19H,4-5,10-12H2,1-3H3. The van der Waals surface area contributed by atoms with Gasteiger partial charge in [0.15, 0.2) is 0 Å². The van der Waals surface area contributed by atoms with Crippen molar-refractivity contribution in [2.45, 2.75) is 51.8 Å². The Bertz CT molecular complexity index is 443. The van der Waals surface area contributed by atoms with Crippen LogP contribution in [-0.2, 0) is 0 Å². The molecule has 2 aliphatic heterocycles. The number of hydrogen-bond donors (Lipinski definition) is 1. The summed E-state index contributed by atoms with van der Waals surface area (Å²) in [6, 6.07) is 9.85. The maximum absolute atomic E-state index is 5.73. The fourth-order valence-corrected chi connectivity index (χ4v) is 3.70. The van der Waals surface area contributed by atoms with E-state index in [-0.39, 0.29) is 6.10 Å². The van der Waals surface area contributed by atoms with E-state index in [0.29, 0.717) is 12.1 Å². The molecule has 2 heterocycles. The van der Waals surface area contributed by atoms with Crippen LogP contribution in [0.4, 0.5) is 0 Å². The maximum Gasteiger partial charge on any atom is 0.119 e. The number of hydrogen-bond acceptors (Lipinski definition) is 3. The average Bonchev–Trinajstić information content (AvgIpc) is 2.90. The predicted octanol–water partition coefficient (Wildman–Crippen LogP) is 3.22. The quantitative estimate of drug-likeness (QED) is 0.920. The van der Waals surface area contributed by atoms with Gasteiger partial charge in [0.05, 0.1) is 6.10 Å². The van der Waals surface area contributed by atoms with Gasteiger partial charge < -0.3 is 10.1 Å². The monoisotopic (exact) mass is 288 g/mol. The highest BCUT2D eigenvalue weighted by molar-refractivity contribution is 5.29. The van der Waals surface area contributed by atoms with Gasteiger partial charge in [-0.2, -0.15) is 0 Å². The molecule has 1 aromatic carbocycles. The smallest absolute Gasteiger partial charge is 0.119 e. The summed E-state index contributed by atoms with van der Waals surface area (Å²) in [6.07, 6.45) is 2.97. The highest BCUT2D eigenvalue weighted by atomic mass is 16.5. The van der Waals surface area contributed by atoms with Crippen molar-refractivity contribution < 1.29 is 4.74 Å². The molecule has 0 bridgehead atoms. The van der Waals surface area contributed by atoms with Crippen LogP contribution in [0.5, 0.6) is 5.75 Å². The Hall–Kier alpha value is -1.06. The Kier molecular flexibility index (Phi) is 4.51. The van der Waals surface area contributed by atoms with Gasteiger partial charge >= 0.3 is 0 Å². The molecule has 116 valence electrons. The predicted molar refractivity (Wildman–Crippen MR) is 86.7 cm³/mol. The zero-order valence-corrected chi connectivity index (χ0v) is 13.5. The Labute approximate surface area is 128 Å². The van der Waals surface area contributed by atoms with Crippen molar-refractivity contribution in [2.24, 2.45) is 5.92 Å². The van der Waals surface area contributed by atoms with Crippen molar-refractivity contribution in [1.29, 1.82) is 0 Å². The third-order valence-corrected chi connectivity index (χ3v) is 4.91. The molecule has 0 aliphatic carbocycles. The van der Waals surface area contributed by atoms with Crippen LogP contribution < -0.4 is 10.1 Å². The zero-order chi connectivity index (χ0) is 14.8. The lowest BCUT2D eigenvalue weighted by atomic mass is 9.94. The fraction of sp³-hybridized carbons (Fsp3) is 0.667. The number of fused-ring (bicyclic) bond motifs is 1. The molecule has 3 heteroatoms. The van der Waals surface area contributed by atoms with Gasteiger partial charge in [-0.3, -0.25) is 4.90 Å². The van der Waals surface area contributed by atoms with Gasteiger partial charge in [0, 0.05) is 25.2 Å². The third kappa shape index (κ3) is 3.41. The third-order valence-electron chi connectivity index (χ3n) is 4.91. The molecular formula is C18H28N2O. The van der Waals surface area contributed by atoms with E-state index in [0.717, 1.165) is 11.7 Å². The van der Waals surface area contributed by atoms with Crippen LogP contribution in [0.2, 0.25) is 0 Å². The number of nitrogens with one attached hydrogen (secondary N) is 1. The Morgan fingerprint density at radius 3 is 2.57 bits per heavy atom. The van der Waals surface area contributed by atoms with Gasteiger partial charge in [-0.05, 0) is 63.8 Å². The summed E-state index contributed by atoms with van der Waals surface area (Å²) in [5.74, 6) is 1.82. The van der Waals surface area contributed by atoms with Crippen molar-refractivity contribution in [3.05, 3.63) is 29.8 Å². The Balaban J connectivity index is 1.63. The first-order chi connectivity index (χ1) is 10.1. The summed E-state index contributed by atoms with van der Waals surface area (Å²) >= 11 is 0. The van der Waals surface area contributed by atoms with Crippen LogP contribution in [-0.4, -0.2) is 36.7 Å². The highest BCUT2D eigenvalue weighted by Crippen LogP contribution is 2.32. The average molecular weight is 288 g/mol. The van der Waals surface area contributed by atoms with E-state index in [2.05, 4.69) is 55.3 Å². The van der Waals surface area contributed by atoms with Crippen molar-refractivity contribution in [3.63, 3.8) is 0 Å². The Morgan fingerprint density at radius 1 is 1.14 bits per heavy atom. The highest BCUT2D eigenvalue weighted by Gasteiger charge is 2.36. The van der Waals surface area contributed by atoms with Crippen molar-refractivity contribution in [3.8, 4) is 5.75 Å². The van der Waals surface area contributed by atoms with Crippen molar-refractivity contribution >= 4 is 0 Å². The molecule has 2 fully saturated rings. The minimum atomic E-state index is 0.237. The number of rotatable bonds is 4. The molecule has 0 amide bonds. The van der Waals surface area contributed by atoms with Crippen LogP contribution in [0, 0.1) is 5.92 Å². The second kappa shape index (κ2) is 6.37. The lowest BCUT2D eigenvalue weighted by molar-refractivity contribution is 0.240. The van der Waals surface area contributed by atoms with E-state index < -0.39 is 0 Å².